The Hall–Kier alpha value is -4.41. The van der Waals surface area contributed by atoms with E-state index in [0.717, 1.165) is 51.2 Å². The van der Waals surface area contributed by atoms with Crippen LogP contribution in [0.25, 0.3) is 66.0 Å². The topological polar surface area (TPSA) is 38.9 Å². The van der Waals surface area contributed by atoms with Crippen LogP contribution < -0.4 is 5.19 Å². The fraction of sp³-hybridized carbons (Fsp3) is 0.294. The monoisotopic (exact) mass is 931 g/mol. The second-order valence-electron chi connectivity index (χ2n) is 16.8. The summed E-state index contributed by atoms with van der Waals surface area (Å²) in [6.45, 7) is 4.65. The third kappa shape index (κ3) is 7.54. The molecule has 5 aromatic carbocycles. The Labute approximate surface area is 352 Å². The molecule has 2 saturated carbocycles. The van der Waals surface area contributed by atoms with E-state index in [1.54, 1.807) is 0 Å². The van der Waals surface area contributed by atoms with Crippen molar-refractivity contribution in [1.82, 2.24) is 9.97 Å². The molecule has 10 rings (SSSR count). The number of rotatable bonds is 4. The molecule has 3 heterocycles. The van der Waals surface area contributed by atoms with Gasteiger partial charge in [-0.2, -0.15) is 0 Å². The average Bonchev–Trinajstić information content (AvgIpc) is 3.62. The number of furan rings is 1. The van der Waals surface area contributed by atoms with Gasteiger partial charge in [0.15, 0.2) is 0 Å². The zero-order chi connectivity index (χ0) is 41.0. The van der Waals surface area contributed by atoms with Crippen LogP contribution in [-0.2, 0) is 20.1 Å². The van der Waals surface area contributed by atoms with Gasteiger partial charge in [0.25, 0.3) is 0 Å². The van der Waals surface area contributed by atoms with Crippen molar-refractivity contribution < 1.29 is 30.0 Å². The van der Waals surface area contributed by atoms with E-state index in [9.17, 15) is 1.37 Å². The summed E-state index contributed by atoms with van der Waals surface area (Å²) in [6, 6.07) is 41.5. The standard InChI is InChI=1S/C37H34NO.C14H16NSi.Ir/c1-24-23-38-34(21-31(24)26-14-18-37(19-15-26)16-5-2-6-17-37)30-11-7-10-29-33-20-27-13-12-25-8-3-4-9-28(25)32(27)22-35(33)39-36(29)30;1-16(2,3)13-9-10-14(15-11-13)12-7-5-4-6-8-12;/h3-4,7-10,12-13,20-23,26H,2,5-6,14-19H2,1H3;4-7,9-11H,1-3H3;/q2*-1;/i1D3,26D;;. The molecule has 1 radical (unpaired) electrons. The van der Waals surface area contributed by atoms with Gasteiger partial charge in [0.2, 0.25) is 0 Å². The number of benzene rings is 5. The van der Waals surface area contributed by atoms with E-state index in [1.165, 1.54) is 54.3 Å². The molecule has 0 aliphatic heterocycles. The Kier molecular flexibility index (Phi) is 9.54. The molecule has 0 atom stereocenters. The average molecular weight is 931 g/mol. The molecule has 285 valence electrons. The molecular weight excluding hydrogens is 877 g/mol. The van der Waals surface area contributed by atoms with Gasteiger partial charge in [-0.3, -0.25) is 0 Å². The van der Waals surface area contributed by atoms with Crippen LogP contribution in [0.2, 0.25) is 19.6 Å². The van der Waals surface area contributed by atoms with E-state index in [1.807, 2.05) is 48.7 Å². The van der Waals surface area contributed by atoms with Crippen LogP contribution in [0, 0.1) is 24.4 Å². The molecular formula is C51H50IrN2OSi-2. The Morgan fingerprint density at radius 3 is 2.25 bits per heavy atom. The Balaban J connectivity index is 0.000000248. The van der Waals surface area contributed by atoms with E-state index in [4.69, 9.17) is 8.53 Å². The first-order valence-corrected chi connectivity index (χ1v) is 23.4. The maximum Gasteiger partial charge on any atom is 0.121 e. The Morgan fingerprint density at radius 1 is 0.714 bits per heavy atom. The summed E-state index contributed by atoms with van der Waals surface area (Å²) < 4.78 is 41.1. The molecule has 0 amide bonds. The minimum atomic E-state index is -2.34. The normalized spacial score (nSPS) is 17.7. The summed E-state index contributed by atoms with van der Waals surface area (Å²) in [5.74, 6) is -0.954. The van der Waals surface area contributed by atoms with Gasteiger partial charge >= 0.3 is 0 Å². The van der Waals surface area contributed by atoms with Crippen LogP contribution in [0.4, 0.5) is 0 Å². The summed E-state index contributed by atoms with van der Waals surface area (Å²) in [5, 5.41) is 8.05. The zero-order valence-electron chi connectivity index (χ0n) is 36.5. The van der Waals surface area contributed by atoms with Gasteiger partial charge in [0.1, 0.15) is 5.58 Å². The second kappa shape index (κ2) is 15.8. The molecule has 2 aliphatic carbocycles. The van der Waals surface area contributed by atoms with Crippen molar-refractivity contribution in [3.8, 4) is 22.5 Å². The number of aromatic nitrogens is 2. The molecule has 3 aromatic heterocycles. The predicted octanol–water partition coefficient (Wildman–Crippen LogP) is 13.8. The van der Waals surface area contributed by atoms with Crippen LogP contribution in [0.5, 0.6) is 0 Å². The zero-order valence-corrected chi connectivity index (χ0v) is 35.9. The van der Waals surface area contributed by atoms with Gasteiger partial charge < -0.3 is 14.4 Å². The quantitative estimate of drug-likeness (QED) is 0.100. The number of fused-ring (bicyclic) bond motifs is 6. The van der Waals surface area contributed by atoms with Crippen LogP contribution in [0.3, 0.4) is 0 Å². The molecule has 5 heteroatoms. The summed E-state index contributed by atoms with van der Waals surface area (Å²) >= 11 is 0. The van der Waals surface area contributed by atoms with E-state index in [0.29, 0.717) is 40.7 Å². The first kappa shape index (κ1) is 33.7. The van der Waals surface area contributed by atoms with Crippen LogP contribution in [0.15, 0.2) is 120 Å². The van der Waals surface area contributed by atoms with Gasteiger partial charge in [-0.05, 0) is 118 Å². The van der Waals surface area contributed by atoms with Gasteiger partial charge in [-0.15, -0.1) is 54.1 Å². The van der Waals surface area contributed by atoms with Crippen molar-refractivity contribution in [2.75, 3.05) is 0 Å². The molecule has 0 N–H and O–H groups in total. The van der Waals surface area contributed by atoms with Crippen molar-refractivity contribution in [1.29, 1.82) is 0 Å². The fourth-order valence-corrected chi connectivity index (χ4v) is 10.1. The minimum Gasteiger partial charge on any atom is -0.501 e. The van der Waals surface area contributed by atoms with Gasteiger partial charge in [0.05, 0.1) is 13.7 Å². The molecule has 56 heavy (non-hydrogen) atoms. The molecule has 2 fully saturated rings. The van der Waals surface area contributed by atoms with Crippen LogP contribution >= 0.6 is 0 Å². The summed E-state index contributed by atoms with van der Waals surface area (Å²) in [5.41, 5.74) is 5.95. The van der Waals surface area contributed by atoms with E-state index >= 15 is 0 Å². The molecule has 0 saturated heterocycles. The molecule has 3 nitrogen and oxygen atoms in total. The number of pyridine rings is 2. The second-order valence-corrected chi connectivity index (χ2v) is 21.9. The molecule has 2 aliphatic rings. The number of aryl methyl sites for hydroxylation is 1. The van der Waals surface area contributed by atoms with E-state index in [2.05, 4.69) is 102 Å². The van der Waals surface area contributed by atoms with Gasteiger partial charge in [-0.1, -0.05) is 104 Å². The number of hydrogen-bond donors (Lipinski definition) is 0. The maximum absolute atomic E-state index is 9.63. The summed E-state index contributed by atoms with van der Waals surface area (Å²) in [7, 11) is -1.23. The third-order valence-electron chi connectivity index (χ3n) is 12.3. The number of nitrogens with zero attached hydrogens (tertiary/aromatic N) is 2. The molecule has 8 aromatic rings. The number of hydrogen-bond acceptors (Lipinski definition) is 3. The molecule has 1 spiro atoms. The maximum atomic E-state index is 9.63. The van der Waals surface area contributed by atoms with Crippen molar-refractivity contribution in [3.63, 3.8) is 0 Å². The first-order chi connectivity index (χ1) is 28.3. The summed E-state index contributed by atoms with van der Waals surface area (Å²) in [4.78, 5) is 9.19. The molecule has 0 unspecified atom stereocenters. The largest absolute Gasteiger partial charge is 0.501 e. The van der Waals surface area contributed by atoms with Crippen molar-refractivity contribution in [2.24, 2.45) is 5.41 Å². The smallest absolute Gasteiger partial charge is 0.121 e. The SMILES string of the molecule is C[Si](C)(C)c1ccc(-c2[c-]cccc2)nc1.[2H]C([2H])([2H])c1cnc(-c2[c-]ccc3c2oc2cc4c(ccc5ccccc54)cc23)cc1C1([2H])CCC2(CCCCC2)CC1.[Ir]. The van der Waals surface area contributed by atoms with Crippen LogP contribution in [-0.4, -0.2) is 18.0 Å². The summed E-state index contributed by atoms with van der Waals surface area (Å²) in [6.07, 6.45) is 13.2. The Morgan fingerprint density at radius 2 is 1.50 bits per heavy atom. The third-order valence-corrected chi connectivity index (χ3v) is 14.3. The van der Waals surface area contributed by atoms with E-state index in [-0.39, 0.29) is 25.7 Å². The van der Waals surface area contributed by atoms with Gasteiger partial charge in [0, 0.05) is 43.4 Å². The van der Waals surface area contributed by atoms with Crippen molar-refractivity contribution in [2.45, 2.75) is 90.2 Å². The first-order valence-electron chi connectivity index (χ1n) is 21.9. The van der Waals surface area contributed by atoms with Crippen molar-refractivity contribution >= 4 is 56.7 Å². The Bertz CT molecular complexity index is 2800. The van der Waals surface area contributed by atoms with Gasteiger partial charge in [-0.25, -0.2) is 0 Å². The molecule has 0 bridgehead atoms. The minimum absolute atomic E-state index is 0. The van der Waals surface area contributed by atoms with E-state index < -0.39 is 20.8 Å². The predicted molar refractivity (Wildman–Crippen MR) is 234 cm³/mol. The van der Waals surface area contributed by atoms with Crippen molar-refractivity contribution in [3.05, 3.63) is 139 Å². The fourth-order valence-electron chi connectivity index (χ4n) is 9.02. The van der Waals surface area contributed by atoms with Crippen LogP contribution in [0.1, 0.15) is 80.3 Å².